The van der Waals surface area contributed by atoms with E-state index in [0.717, 1.165) is 25.9 Å². The minimum Gasteiger partial charge on any atom is -0.370 e. The monoisotopic (exact) mass is 283 g/mol. The standard InChI is InChI=1S/C16H17N3S/c17-15-18-11-16(19(15)10-13-5-3-9-20-13)8-7-12-4-1-2-6-14(12)16/h1-6,9H,7-8,10-11H2,(H2,17,18). The van der Waals surface area contributed by atoms with E-state index in [4.69, 9.17) is 5.73 Å². The summed E-state index contributed by atoms with van der Waals surface area (Å²) in [5.74, 6) is 0.690. The number of fused-ring (bicyclic) bond motifs is 2. The van der Waals surface area contributed by atoms with Gasteiger partial charge in [0.1, 0.15) is 0 Å². The van der Waals surface area contributed by atoms with Crippen molar-refractivity contribution < 1.29 is 0 Å². The third-order valence-corrected chi connectivity index (χ3v) is 5.38. The lowest BCUT2D eigenvalue weighted by Crippen LogP contribution is -2.47. The molecule has 2 aliphatic rings. The highest BCUT2D eigenvalue weighted by molar-refractivity contribution is 7.09. The Balaban J connectivity index is 1.75. The molecule has 3 nitrogen and oxygen atoms in total. The summed E-state index contributed by atoms with van der Waals surface area (Å²) in [6.45, 7) is 1.66. The van der Waals surface area contributed by atoms with Gasteiger partial charge in [-0.05, 0) is 35.4 Å². The maximum Gasteiger partial charge on any atom is 0.192 e. The molecule has 2 N–H and O–H groups in total. The maximum atomic E-state index is 6.19. The first-order chi connectivity index (χ1) is 9.79. The molecule has 1 aromatic carbocycles. The van der Waals surface area contributed by atoms with Crippen molar-refractivity contribution in [3.63, 3.8) is 0 Å². The van der Waals surface area contributed by atoms with Gasteiger partial charge in [0.25, 0.3) is 0 Å². The van der Waals surface area contributed by atoms with Crippen molar-refractivity contribution in [2.75, 3.05) is 6.54 Å². The van der Waals surface area contributed by atoms with Gasteiger partial charge in [0.15, 0.2) is 5.96 Å². The molecule has 1 spiro atoms. The summed E-state index contributed by atoms with van der Waals surface area (Å²) < 4.78 is 0. The Bertz CT molecular complexity index is 662. The molecule has 0 radical (unpaired) electrons. The van der Waals surface area contributed by atoms with E-state index in [9.17, 15) is 0 Å². The molecule has 0 saturated heterocycles. The highest BCUT2D eigenvalue weighted by atomic mass is 32.1. The third-order valence-electron chi connectivity index (χ3n) is 4.52. The van der Waals surface area contributed by atoms with Crippen LogP contribution in [0.3, 0.4) is 0 Å². The predicted molar refractivity (Wildman–Crippen MR) is 82.8 cm³/mol. The summed E-state index contributed by atoms with van der Waals surface area (Å²) in [6.07, 6.45) is 2.24. The molecule has 20 heavy (non-hydrogen) atoms. The van der Waals surface area contributed by atoms with Gasteiger partial charge in [0.05, 0.1) is 18.6 Å². The van der Waals surface area contributed by atoms with Gasteiger partial charge in [0.2, 0.25) is 0 Å². The third kappa shape index (κ3) is 1.61. The maximum absolute atomic E-state index is 6.19. The van der Waals surface area contributed by atoms with Crippen molar-refractivity contribution in [2.24, 2.45) is 10.7 Å². The summed E-state index contributed by atoms with van der Waals surface area (Å²) in [5, 5.41) is 2.12. The van der Waals surface area contributed by atoms with E-state index in [1.807, 2.05) is 0 Å². The average Bonchev–Trinajstić information content (AvgIpc) is 3.17. The lowest BCUT2D eigenvalue weighted by molar-refractivity contribution is 0.195. The average molecular weight is 283 g/mol. The van der Waals surface area contributed by atoms with E-state index in [2.05, 4.69) is 51.7 Å². The van der Waals surface area contributed by atoms with Crippen molar-refractivity contribution in [3.8, 4) is 0 Å². The van der Waals surface area contributed by atoms with E-state index in [0.29, 0.717) is 5.96 Å². The van der Waals surface area contributed by atoms with Crippen LogP contribution in [0.2, 0.25) is 0 Å². The second-order valence-electron chi connectivity index (χ2n) is 5.53. The lowest BCUT2D eigenvalue weighted by Gasteiger charge is -2.36. The van der Waals surface area contributed by atoms with Crippen molar-refractivity contribution >= 4 is 17.3 Å². The van der Waals surface area contributed by atoms with Crippen LogP contribution in [-0.2, 0) is 18.5 Å². The Morgan fingerprint density at radius 1 is 1.25 bits per heavy atom. The quantitative estimate of drug-likeness (QED) is 0.920. The number of rotatable bonds is 2. The van der Waals surface area contributed by atoms with Gasteiger partial charge < -0.3 is 10.6 Å². The summed E-state index contributed by atoms with van der Waals surface area (Å²) in [4.78, 5) is 8.21. The molecule has 0 fully saturated rings. The molecule has 1 aliphatic heterocycles. The van der Waals surface area contributed by atoms with Gasteiger partial charge in [-0.15, -0.1) is 11.3 Å². The fraction of sp³-hybridized carbons (Fsp3) is 0.312. The van der Waals surface area contributed by atoms with Gasteiger partial charge >= 0.3 is 0 Å². The van der Waals surface area contributed by atoms with Crippen LogP contribution < -0.4 is 5.73 Å². The molecule has 1 atom stereocenters. The summed E-state index contributed by atoms with van der Waals surface area (Å²) in [7, 11) is 0. The molecule has 102 valence electrons. The first-order valence-corrected chi connectivity index (χ1v) is 7.86. The van der Waals surface area contributed by atoms with Crippen LogP contribution >= 0.6 is 11.3 Å². The Hall–Kier alpha value is -1.81. The van der Waals surface area contributed by atoms with Crippen LogP contribution in [0.15, 0.2) is 46.8 Å². The van der Waals surface area contributed by atoms with Gasteiger partial charge in [-0.1, -0.05) is 30.3 Å². The Morgan fingerprint density at radius 3 is 3.00 bits per heavy atom. The molecule has 2 heterocycles. The van der Waals surface area contributed by atoms with E-state index < -0.39 is 0 Å². The Morgan fingerprint density at radius 2 is 2.15 bits per heavy atom. The van der Waals surface area contributed by atoms with Gasteiger partial charge in [-0.2, -0.15) is 0 Å². The molecule has 0 saturated carbocycles. The first kappa shape index (κ1) is 12.0. The number of aliphatic imine (C=N–C) groups is 1. The van der Waals surface area contributed by atoms with Crippen molar-refractivity contribution in [3.05, 3.63) is 57.8 Å². The molecule has 1 aliphatic carbocycles. The van der Waals surface area contributed by atoms with E-state index in [-0.39, 0.29) is 5.54 Å². The fourth-order valence-electron chi connectivity index (χ4n) is 3.51. The van der Waals surface area contributed by atoms with E-state index >= 15 is 0 Å². The number of hydrogen-bond acceptors (Lipinski definition) is 4. The molecule has 1 unspecified atom stereocenters. The molecule has 4 heteroatoms. The number of nitrogens with two attached hydrogens (primary N) is 1. The van der Waals surface area contributed by atoms with Crippen LogP contribution in [0.4, 0.5) is 0 Å². The Labute approximate surface area is 122 Å². The topological polar surface area (TPSA) is 41.6 Å². The highest BCUT2D eigenvalue weighted by Crippen LogP contribution is 2.45. The van der Waals surface area contributed by atoms with Crippen LogP contribution in [0.1, 0.15) is 22.4 Å². The van der Waals surface area contributed by atoms with Gasteiger partial charge in [-0.3, -0.25) is 4.99 Å². The second-order valence-corrected chi connectivity index (χ2v) is 6.56. The van der Waals surface area contributed by atoms with Crippen molar-refractivity contribution in [1.82, 2.24) is 4.90 Å². The predicted octanol–water partition coefficient (Wildman–Crippen LogP) is 2.72. The molecule has 0 amide bonds. The number of aryl methyl sites for hydroxylation is 1. The highest BCUT2D eigenvalue weighted by Gasteiger charge is 2.47. The Kier molecular flexibility index (Phi) is 2.60. The number of hydrogen-bond donors (Lipinski definition) is 1. The molecule has 1 aromatic heterocycles. The fourth-order valence-corrected chi connectivity index (χ4v) is 4.20. The zero-order valence-corrected chi connectivity index (χ0v) is 12.1. The largest absolute Gasteiger partial charge is 0.370 e. The SMILES string of the molecule is NC1=NCC2(CCc3ccccc32)N1Cc1cccs1. The normalized spacial score (nSPS) is 24.2. The molecular formula is C16H17N3S. The molecular weight excluding hydrogens is 266 g/mol. The number of guanidine groups is 1. The first-order valence-electron chi connectivity index (χ1n) is 6.98. The van der Waals surface area contributed by atoms with Crippen LogP contribution in [0.25, 0.3) is 0 Å². The zero-order chi connectivity index (χ0) is 13.6. The smallest absolute Gasteiger partial charge is 0.192 e. The summed E-state index contributed by atoms with van der Waals surface area (Å²) in [6, 6.07) is 13.0. The van der Waals surface area contributed by atoms with Crippen LogP contribution in [0.5, 0.6) is 0 Å². The number of nitrogens with zero attached hydrogens (tertiary/aromatic N) is 2. The minimum absolute atomic E-state index is 0.00926. The van der Waals surface area contributed by atoms with Crippen molar-refractivity contribution in [2.45, 2.75) is 24.9 Å². The van der Waals surface area contributed by atoms with Gasteiger partial charge in [0, 0.05) is 4.88 Å². The zero-order valence-electron chi connectivity index (χ0n) is 11.2. The lowest BCUT2D eigenvalue weighted by atomic mass is 9.90. The number of benzene rings is 1. The molecule has 2 aromatic rings. The molecule has 0 bridgehead atoms. The second kappa shape index (κ2) is 4.35. The van der Waals surface area contributed by atoms with Crippen molar-refractivity contribution in [1.29, 1.82) is 0 Å². The molecule has 4 rings (SSSR count). The van der Waals surface area contributed by atoms with Crippen LogP contribution in [0, 0.1) is 0 Å². The summed E-state index contributed by atoms with van der Waals surface area (Å²) in [5.41, 5.74) is 9.05. The number of thiophene rings is 1. The van der Waals surface area contributed by atoms with Gasteiger partial charge in [-0.25, -0.2) is 0 Å². The van der Waals surface area contributed by atoms with Crippen LogP contribution in [-0.4, -0.2) is 17.4 Å². The van der Waals surface area contributed by atoms with E-state index in [1.165, 1.54) is 16.0 Å². The summed E-state index contributed by atoms with van der Waals surface area (Å²) >= 11 is 1.78. The minimum atomic E-state index is -0.00926. The van der Waals surface area contributed by atoms with E-state index in [1.54, 1.807) is 11.3 Å².